The van der Waals surface area contributed by atoms with Crippen LogP contribution in [-0.4, -0.2) is 18.7 Å². The third-order valence-corrected chi connectivity index (χ3v) is 2.35. The van der Waals surface area contributed by atoms with E-state index in [2.05, 4.69) is 0 Å². The number of carbonyl (C=O) groups is 1. The van der Waals surface area contributed by atoms with Crippen molar-refractivity contribution >= 4 is 29.2 Å². The lowest BCUT2D eigenvalue weighted by atomic mass is 10.3. The van der Waals surface area contributed by atoms with Crippen LogP contribution in [-0.2, 0) is 9.53 Å². The molecular weight excluding hydrogens is 251 g/mol. The molecule has 0 spiro atoms. The lowest BCUT2D eigenvalue weighted by Gasteiger charge is -2.09. The number of rotatable bonds is 4. The van der Waals surface area contributed by atoms with E-state index in [9.17, 15) is 4.79 Å². The van der Waals surface area contributed by atoms with Crippen LogP contribution in [0.2, 0.25) is 10.0 Å². The lowest BCUT2D eigenvalue weighted by molar-refractivity contribution is -0.149. The van der Waals surface area contributed by atoms with Gasteiger partial charge in [0.2, 0.25) is 0 Å². The van der Waals surface area contributed by atoms with Gasteiger partial charge in [-0.2, -0.15) is 0 Å². The van der Waals surface area contributed by atoms with Gasteiger partial charge < -0.3 is 9.47 Å². The Kier molecular flexibility index (Phi) is 4.90. The second-order valence-electron chi connectivity index (χ2n) is 3.40. The van der Waals surface area contributed by atoms with E-state index < -0.39 is 5.97 Å². The van der Waals surface area contributed by atoms with E-state index in [1.807, 2.05) is 0 Å². The molecule has 0 aliphatic carbocycles. The Hall–Kier alpha value is -0.930. The molecule has 1 rings (SSSR count). The predicted octanol–water partition coefficient (Wildman–Crippen LogP) is 3.32. The van der Waals surface area contributed by atoms with Crippen LogP contribution >= 0.6 is 23.2 Å². The quantitative estimate of drug-likeness (QED) is 0.781. The van der Waals surface area contributed by atoms with Gasteiger partial charge >= 0.3 is 5.97 Å². The Morgan fingerprint density at radius 1 is 1.31 bits per heavy atom. The van der Waals surface area contributed by atoms with Crippen molar-refractivity contribution in [2.45, 2.75) is 20.0 Å². The van der Waals surface area contributed by atoms with Gasteiger partial charge in [-0.25, -0.2) is 4.79 Å². The molecule has 0 N–H and O–H groups in total. The molecule has 0 radical (unpaired) electrons. The van der Waals surface area contributed by atoms with Gasteiger partial charge in [0.15, 0.2) is 6.61 Å². The van der Waals surface area contributed by atoms with E-state index in [0.29, 0.717) is 15.8 Å². The predicted molar refractivity (Wildman–Crippen MR) is 63.2 cm³/mol. The highest BCUT2D eigenvalue weighted by atomic mass is 35.5. The van der Waals surface area contributed by atoms with E-state index in [4.69, 9.17) is 32.7 Å². The highest BCUT2D eigenvalue weighted by molar-refractivity contribution is 6.42. The molecule has 0 unspecified atom stereocenters. The van der Waals surface area contributed by atoms with Crippen molar-refractivity contribution in [3.05, 3.63) is 28.2 Å². The largest absolute Gasteiger partial charge is 0.482 e. The first-order chi connectivity index (χ1) is 7.49. The number of halogens is 2. The van der Waals surface area contributed by atoms with Crippen molar-refractivity contribution < 1.29 is 14.3 Å². The van der Waals surface area contributed by atoms with Crippen LogP contribution in [0.15, 0.2) is 18.2 Å². The Bertz CT molecular complexity index is 377. The Morgan fingerprint density at radius 3 is 2.56 bits per heavy atom. The van der Waals surface area contributed by atoms with Crippen molar-refractivity contribution in [2.24, 2.45) is 0 Å². The number of carbonyl (C=O) groups excluding carboxylic acids is 1. The van der Waals surface area contributed by atoms with Gasteiger partial charge in [0.1, 0.15) is 5.75 Å². The number of benzene rings is 1. The molecule has 0 atom stereocenters. The van der Waals surface area contributed by atoms with Crippen LogP contribution < -0.4 is 4.74 Å². The molecule has 0 fully saturated rings. The highest BCUT2D eigenvalue weighted by Crippen LogP contribution is 2.26. The molecule has 5 heteroatoms. The van der Waals surface area contributed by atoms with Gasteiger partial charge in [-0.3, -0.25) is 0 Å². The topological polar surface area (TPSA) is 35.5 Å². The number of ether oxygens (including phenoxy) is 2. The second-order valence-corrected chi connectivity index (χ2v) is 4.22. The van der Waals surface area contributed by atoms with Gasteiger partial charge in [0.25, 0.3) is 0 Å². The zero-order chi connectivity index (χ0) is 12.1. The summed E-state index contributed by atoms with van der Waals surface area (Å²) in [5.41, 5.74) is 0. The molecule has 88 valence electrons. The average molecular weight is 263 g/mol. The maximum Gasteiger partial charge on any atom is 0.344 e. The molecule has 0 aliphatic heterocycles. The summed E-state index contributed by atoms with van der Waals surface area (Å²) in [6.45, 7) is 3.41. The number of esters is 1. The smallest absolute Gasteiger partial charge is 0.344 e. The van der Waals surface area contributed by atoms with Crippen molar-refractivity contribution in [1.29, 1.82) is 0 Å². The average Bonchev–Trinajstić information content (AvgIpc) is 2.19. The van der Waals surface area contributed by atoms with Crippen molar-refractivity contribution in [1.82, 2.24) is 0 Å². The summed E-state index contributed by atoms with van der Waals surface area (Å²) in [7, 11) is 0. The Labute approximate surface area is 104 Å². The lowest BCUT2D eigenvalue weighted by Crippen LogP contribution is -2.18. The second kappa shape index (κ2) is 5.97. The number of hydrogen-bond donors (Lipinski definition) is 0. The number of hydrogen-bond acceptors (Lipinski definition) is 3. The van der Waals surface area contributed by atoms with Crippen LogP contribution in [0.25, 0.3) is 0 Å². The minimum Gasteiger partial charge on any atom is -0.482 e. The van der Waals surface area contributed by atoms with E-state index in [1.54, 1.807) is 32.0 Å². The molecule has 0 aromatic heterocycles. The van der Waals surface area contributed by atoms with Crippen LogP contribution in [0.3, 0.4) is 0 Å². The molecule has 0 saturated heterocycles. The van der Waals surface area contributed by atoms with Gasteiger partial charge in [-0.1, -0.05) is 23.2 Å². The van der Waals surface area contributed by atoms with Crippen LogP contribution in [0, 0.1) is 0 Å². The minimum absolute atomic E-state index is 0.143. The fourth-order valence-corrected chi connectivity index (χ4v) is 1.29. The summed E-state index contributed by atoms with van der Waals surface area (Å²) in [4.78, 5) is 11.2. The Morgan fingerprint density at radius 2 is 2.00 bits per heavy atom. The van der Waals surface area contributed by atoms with Crippen molar-refractivity contribution in [3.63, 3.8) is 0 Å². The summed E-state index contributed by atoms with van der Waals surface area (Å²) >= 11 is 11.5. The van der Waals surface area contributed by atoms with E-state index in [-0.39, 0.29) is 12.7 Å². The normalized spacial score (nSPS) is 10.3. The SMILES string of the molecule is CC(C)OC(=O)COc1ccc(Cl)c(Cl)c1. The van der Waals surface area contributed by atoms with Crippen LogP contribution in [0.5, 0.6) is 5.75 Å². The van der Waals surface area contributed by atoms with Crippen LogP contribution in [0.4, 0.5) is 0 Å². The van der Waals surface area contributed by atoms with Crippen molar-refractivity contribution in [2.75, 3.05) is 6.61 Å². The molecule has 0 aliphatic rings. The minimum atomic E-state index is -0.416. The molecule has 0 amide bonds. The molecule has 1 aromatic rings. The van der Waals surface area contributed by atoms with Gasteiger partial charge in [-0.15, -0.1) is 0 Å². The van der Waals surface area contributed by atoms with Crippen molar-refractivity contribution in [3.8, 4) is 5.75 Å². The third kappa shape index (κ3) is 4.29. The van der Waals surface area contributed by atoms with Gasteiger partial charge in [0, 0.05) is 6.07 Å². The fraction of sp³-hybridized carbons (Fsp3) is 0.364. The standard InChI is InChI=1S/C11H12Cl2O3/c1-7(2)16-11(14)6-15-8-3-4-9(12)10(13)5-8/h3-5,7H,6H2,1-2H3. The van der Waals surface area contributed by atoms with Crippen LogP contribution in [0.1, 0.15) is 13.8 Å². The first kappa shape index (κ1) is 13.1. The van der Waals surface area contributed by atoms with E-state index in [0.717, 1.165) is 0 Å². The van der Waals surface area contributed by atoms with Gasteiger partial charge in [-0.05, 0) is 26.0 Å². The van der Waals surface area contributed by atoms with E-state index >= 15 is 0 Å². The summed E-state index contributed by atoms with van der Waals surface area (Å²) < 4.78 is 10.1. The zero-order valence-electron chi connectivity index (χ0n) is 9.00. The summed E-state index contributed by atoms with van der Waals surface area (Å²) in [6, 6.07) is 4.79. The molecule has 0 bridgehead atoms. The Balaban J connectivity index is 2.48. The monoisotopic (exact) mass is 262 g/mol. The zero-order valence-corrected chi connectivity index (χ0v) is 10.5. The highest BCUT2D eigenvalue weighted by Gasteiger charge is 2.07. The summed E-state index contributed by atoms with van der Waals surface area (Å²) in [6.07, 6.45) is -0.148. The maximum absolute atomic E-state index is 11.2. The van der Waals surface area contributed by atoms with Gasteiger partial charge in [0.05, 0.1) is 16.1 Å². The molecular formula is C11H12Cl2O3. The fourth-order valence-electron chi connectivity index (χ4n) is 1.01. The maximum atomic E-state index is 11.2. The molecule has 3 nitrogen and oxygen atoms in total. The third-order valence-electron chi connectivity index (χ3n) is 1.61. The first-order valence-electron chi connectivity index (χ1n) is 4.76. The molecule has 0 saturated carbocycles. The molecule has 0 heterocycles. The summed E-state index contributed by atoms with van der Waals surface area (Å²) in [5, 5.41) is 0.829. The molecule has 16 heavy (non-hydrogen) atoms. The summed E-state index contributed by atoms with van der Waals surface area (Å²) in [5.74, 6) is 0.0659. The first-order valence-corrected chi connectivity index (χ1v) is 5.52. The molecule has 1 aromatic carbocycles. The van der Waals surface area contributed by atoms with E-state index in [1.165, 1.54) is 0 Å².